The molecule has 9 nitrogen and oxygen atoms in total. The summed E-state index contributed by atoms with van der Waals surface area (Å²) in [5.41, 5.74) is 6.09. The number of rotatable bonds is 3. The molecule has 126 valence electrons. The van der Waals surface area contributed by atoms with Gasteiger partial charge in [0, 0.05) is 0 Å². The highest BCUT2D eigenvalue weighted by Crippen LogP contribution is 2.32. The standard InChI is InChI=1S/C11H12F3N5O4/c12-11(13,14)22-1-4-6(20)7(21)10(23-4)19-3-18-5-8(15)16-2-17-9(5)19/h2-4,6-7,10,20-21H,1H2,(H2,15,16,17)/t4-,6?,7?,10-/m1/s1. The molecular formula is C11H12F3N5O4. The molecule has 4 atom stereocenters. The summed E-state index contributed by atoms with van der Waals surface area (Å²) >= 11 is 0. The first kappa shape index (κ1) is 15.9. The van der Waals surface area contributed by atoms with Gasteiger partial charge in [0.25, 0.3) is 0 Å². The molecule has 1 fully saturated rings. The van der Waals surface area contributed by atoms with Crippen LogP contribution in [0.15, 0.2) is 12.7 Å². The Bertz CT molecular complexity index is 709. The number of ether oxygens (including phenoxy) is 2. The number of aromatic nitrogens is 4. The van der Waals surface area contributed by atoms with Crippen LogP contribution in [0.5, 0.6) is 0 Å². The summed E-state index contributed by atoms with van der Waals surface area (Å²) in [4.78, 5) is 11.6. The monoisotopic (exact) mass is 335 g/mol. The molecule has 1 aliphatic rings. The van der Waals surface area contributed by atoms with E-state index in [0.29, 0.717) is 0 Å². The zero-order chi connectivity index (χ0) is 16.8. The number of aliphatic hydroxyl groups is 2. The second-order valence-corrected chi connectivity index (χ2v) is 4.89. The maximum Gasteiger partial charge on any atom is 0.522 e. The van der Waals surface area contributed by atoms with Crippen molar-refractivity contribution in [1.82, 2.24) is 19.5 Å². The number of alkyl halides is 3. The SMILES string of the molecule is Nc1ncnc2c1ncn2[C@@H]1O[C@H](COC(F)(F)F)C(O)C1O. The first-order chi connectivity index (χ1) is 10.8. The Morgan fingerprint density at radius 1 is 1.26 bits per heavy atom. The van der Waals surface area contributed by atoms with E-state index >= 15 is 0 Å². The van der Waals surface area contributed by atoms with E-state index in [9.17, 15) is 23.4 Å². The molecule has 1 saturated heterocycles. The summed E-state index contributed by atoms with van der Waals surface area (Å²) in [5, 5.41) is 19.9. The molecule has 1 aliphatic heterocycles. The highest BCUT2D eigenvalue weighted by Gasteiger charge is 2.46. The summed E-state index contributed by atoms with van der Waals surface area (Å²) in [6.45, 7) is -0.956. The zero-order valence-corrected chi connectivity index (χ0v) is 11.4. The van der Waals surface area contributed by atoms with Crippen LogP contribution in [0.1, 0.15) is 6.23 Å². The largest absolute Gasteiger partial charge is 0.522 e. The van der Waals surface area contributed by atoms with E-state index in [0.717, 1.165) is 6.33 Å². The van der Waals surface area contributed by atoms with E-state index in [1.54, 1.807) is 0 Å². The molecule has 0 amide bonds. The van der Waals surface area contributed by atoms with Crippen LogP contribution < -0.4 is 5.73 Å². The van der Waals surface area contributed by atoms with Crippen LogP contribution in [0.25, 0.3) is 11.2 Å². The summed E-state index contributed by atoms with van der Waals surface area (Å²) in [5.74, 6) is 0.0961. The quantitative estimate of drug-likeness (QED) is 0.689. The van der Waals surface area contributed by atoms with Gasteiger partial charge in [-0.1, -0.05) is 0 Å². The maximum atomic E-state index is 12.1. The molecule has 0 radical (unpaired) electrons. The molecule has 2 unspecified atom stereocenters. The number of aliphatic hydroxyl groups excluding tert-OH is 2. The third-order valence-electron chi connectivity index (χ3n) is 3.41. The van der Waals surface area contributed by atoms with E-state index in [-0.39, 0.29) is 17.0 Å². The van der Waals surface area contributed by atoms with Gasteiger partial charge in [-0.2, -0.15) is 0 Å². The van der Waals surface area contributed by atoms with Crippen molar-refractivity contribution >= 4 is 17.0 Å². The maximum absolute atomic E-state index is 12.1. The summed E-state index contributed by atoms with van der Waals surface area (Å²) in [6.07, 6.45) is -8.08. The third kappa shape index (κ3) is 2.93. The summed E-state index contributed by atoms with van der Waals surface area (Å²) in [7, 11) is 0. The van der Waals surface area contributed by atoms with Gasteiger partial charge in [0.2, 0.25) is 0 Å². The lowest BCUT2D eigenvalue weighted by Gasteiger charge is -2.16. The third-order valence-corrected chi connectivity index (χ3v) is 3.41. The number of hydrogen-bond donors (Lipinski definition) is 3. The van der Waals surface area contributed by atoms with Crippen LogP contribution in [0, 0.1) is 0 Å². The fourth-order valence-electron chi connectivity index (χ4n) is 2.33. The van der Waals surface area contributed by atoms with Gasteiger partial charge >= 0.3 is 6.36 Å². The van der Waals surface area contributed by atoms with E-state index in [4.69, 9.17) is 10.5 Å². The zero-order valence-electron chi connectivity index (χ0n) is 11.4. The number of hydrogen-bond acceptors (Lipinski definition) is 8. The van der Waals surface area contributed by atoms with E-state index in [1.165, 1.54) is 10.9 Å². The number of nitrogen functional groups attached to an aromatic ring is 1. The van der Waals surface area contributed by atoms with Crippen molar-refractivity contribution in [3.8, 4) is 0 Å². The van der Waals surface area contributed by atoms with Crippen molar-refractivity contribution in [3.63, 3.8) is 0 Å². The van der Waals surface area contributed by atoms with Gasteiger partial charge in [0.15, 0.2) is 17.7 Å². The lowest BCUT2D eigenvalue weighted by molar-refractivity contribution is -0.333. The number of nitrogens with zero attached hydrogens (tertiary/aromatic N) is 4. The topological polar surface area (TPSA) is 129 Å². The Labute approximate surface area is 126 Å². The van der Waals surface area contributed by atoms with E-state index in [1.807, 2.05) is 0 Å². The minimum Gasteiger partial charge on any atom is -0.387 e. The minimum absolute atomic E-state index is 0.0961. The highest BCUT2D eigenvalue weighted by molar-refractivity contribution is 5.81. The van der Waals surface area contributed by atoms with Crippen LogP contribution in [0.2, 0.25) is 0 Å². The average Bonchev–Trinajstić information content (AvgIpc) is 3.01. The number of fused-ring (bicyclic) bond motifs is 1. The predicted octanol–water partition coefficient (Wildman–Crippen LogP) is -0.436. The Hall–Kier alpha value is -2.02. The minimum atomic E-state index is -4.87. The molecule has 0 bridgehead atoms. The molecule has 0 spiro atoms. The van der Waals surface area contributed by atoms with Gasteiger partial charge in [-0.3, -0.25) is 9.30 Å². The number of imidazole rings is 1. The van der Waals surface area contributed by atoms with Crippen molar-refractivity contribution in [2.45, 2.75) is 30.9 Å². The van der Waals surface area contributed by atoms with E-state index < -0.39 is 37.5 Å². The molecule has 2 aromatic heterocycles. The second-order valence-electron chi connectivity index (χ2n) is 4.89. The molecule has 3 heterocycles. The van der Waals surface area contributed by atoms with Crippen LogP contribution in [-0.4, -0.2) is 61.0 Å². The first-order valence-electron chi connectivity index (χ1n) is 6.43. The Morgan fingerprint density at radius 2 is 2.00 bits per heavy atom. The number of halogens is 3. The van der Waals surface area contributed by atoms with Gasteiger partial charge in [-0.05, 0) is 0 Å². The molecule has 23 heavy (non-hydrogen) atoms. The summed E-state index contributed by atoms with van der Waals surface area (Å²) < 4.78 is 46.4. The predicted molar refractivity (Wildman–Crippen MR) is 67.7 cm³/mol. The molecule has 0 aliphatic carbocycles. The molecule has 4 N–H and O–H groups in total. The lowest BCUT2D eigenvalue weighted by Crippen LogP contribution is -2.35. The molecule has 0 saturated carbocycles. The van der Waals surface area contributed by atoms with Crippen molar-refractivity contribution in [2.75, 3.05) is 12.3 Å². The van der Waals surface area contributed by atoms with Crippen LogP contribution in [0.3, 0.4) is 0 Å². The van der Waals surface area contributed by atoms with Crippen molar-refractivity contribution in [3.05, 3.63) is 12.7 Å². The van der Waals surface area contributed by atoms with Crippen molar-refractivity contribution in [1.29, 1.82) is 0 Å². The highest BCUT2D eigenvalue weighted by atomic mass is 19.4. The fourth-order valence-corrected chi connectivity index (χ4v) is 2.33. The number of nitrogens with two attached hydrogens (primary N) is 1. The number of anilines is 1. The normalized spacial score (nSPS) is 28.6. The van der Waals surface area contributed by atoms with Gasteiger partial charge in [-0.25, -0.2) is 15.0 Å². The lowest BCUT2D eigenvalue weighted by atomic mass is 10.1. The van der Waals surface area contributed by atoms with E-state index in [2.05, 4.69) is 19.7 Å². The Kier molecular flexibility index (Phi) is 3.83. The average molecular weight is 335 g/mol. The molecule has 3 rings (SSSR count). The smallest absolute Gasteiger partial charge is 0.387 e. The van der Waals surface area contributed by atoms with Crippen LogP contribution >= 0.6 is 0 Å². The molecule has 12 heteroatoms. The summed E-state index contributed by atoms with van der Waals surface area (Å²) in [6, 6.07) is 0. The first-order valence-corrected chi connectivity index (χ1v) is 6.43. The van der Waals surface area contributed by atoms with Gasteiger partial charge in [0.1, 0.15) is 30.2 Å². The Balaban J connectivity index is 1.84. The van der Waals surface area contributed by atoms with Crippen LogP contribution in [-0.2, 0) is 9.47 Å². The fraction of sp³-hybridized carbons (Fsp3) is 0.545. The molecule has 2 aromatic rings. The van der Waals surface area contributed by atoms with Crippen molar-refractivity contribution in [2.24, 2.45) is 0 Å². The van der Waals surface area contributed by atoms with Crippen molar-refractivity contribution < 1.29 is 32.9 Å². The van der Waals surface area contributed by atoms with Gasteiger partial charge < -0.3 is 20.7 Å². The molecular weight excluding hydrogens is 323 g/mol. The second kappa shape index (κ2) is 5.56. The van der Waals surface area contributed by atoms with Gasteiger partial charge in [0.05, 0.1) is 12.9 Å². The van der Waals surface area contributed by atoms with Gasteiger partial charge in [-0.15, -0.1) is 13.2 Å². The molecule has 0 aromatic carbocycles. The Morgan fingerprint density at radius 3 is 2.70 bits per heavy atom. The van der Waals surface area contributed by atoms with Crippen LogP contribution in [0.4, 0.5) is 19.0 Å².